The van der Waals surface area contributed by atoms with Crippen molar-refractivity contribution >= 4 is 5.97 Å². The third-order valence-corrected chi connectivity index (χ3v) is 2.45. The number of benzene rings is 1. The predicted molar refractivity (Wildman–Crippen MR) is 70.6 cm³/mol. The fourth-order valence-corrected chi connectivity index (χ4v) is 1.51. The molecule has 4 nitrogen and oxygen atoms in total. The van der Waals surface area contributed by atoms with Gasteiger partial charge in [0, 0.05) is 0 Å². The van der Waals surface area contributed by atoms with Crippen molar-refractivity contribution in [3.63, 3.8) is 0 Å². The molecule has 0 aliphatic heterocycles. The Balaban J connectivity index is 2.57. The Hall–Kier alpha value is -1.62. The number of nitrogens with one attached hydrogen (secondary N) is 1. The van der Waals surface area contributed by atoms with E-state index in [1.165, 1.54) is 12.1 Å². The van der Waals surface area contributed by atoms with Crippen molar-refractivity contribution in [2.75, 3.05) is 19.8 Å². The van der Waals surface area contributed by atoms with Gasteiger partial charge in [-0.05, 0) is 32.0 Å². The quantitative estimate of drug-likeness (QED) is 0.734. The zero-order valence-corrected chi connectivity index (χ0v) is 11.3. The maximum atomic E-state index is 13.4. The van der Waals surface area contributed by atoms with Crippen LogP contribution in [0.2, 0.25) is 0 Å². The van der Waals surface area contributed by atoms with Crippen molar-refractivity contribution < 1.29 is 18.7 Å². The fourth-order valence-electron chi connectivity index (χ4n) is 1.51. The Morgan fingerprint density at radius 1 is 1.37 bits per heavy atom. The average molecular weight is 269 g/mol. The molecule has 0 amide bonds. The van der Waals surface area contributed by atoms with Gasteiger partial charge in [-0.25, -0.2) is 4.39 Å². The van der Waals surface area contributed by atoms with Crippen molar-refractivity contribution in [3.8, 4) is 5.75 Å². The maximum Gasteiger partial charge on any atom is 0.326 e. The number of carbonyl (C=O) groups excluding carboxylic acids is 1. The van der Waals surface area contributed by atoms with Gasteiger partial charge < -0.3 is 14.8 Å². The third-order valence-electron chi connectivity index (χ3n) is 2.45. The summed E-state index contributed by atoms with van der Waals surface area (Å²) >= 11 is 0. The SMILES string of the molecule is CCCNC(COc1ccccc1F)C(=O)OCC. The van der Waals surface area contributed by atoms with Crippen molar-refractivity contribution in [2.24, 2.45) is 0 Å². The van der Waals surface area contributed by atoms with Gasteiger partial charge in [-0.2, -0.15) is 0 Å². The minimum Gasteiger partial charge on any atom is -0.488 e. The first-order valence-electron chi connectivity index (χ1n) is 6.46. The second-order valence-electron chi connectivity index (χ2n) is 4.00. The van der Waals surface area contributed by atoms with Crippen LogP contribution in [0.25, 0.3) is 0 Å². The molecule has 1 unspecified atom stereocenters. The van der Waals surface area contributed by atoms with Crippen molar-refractivity contribution in [3.05, 3.63) is 30.1 Å². The Labute approximate surface area is 112 Å². The standard InChI is InChI=1S/C14H20FNO3/c1-3-9-16-12(14(17)18-4-2)10-19-13-8-6-5-7-11(13)15/h5-8,12,16H,3-4,9-10H2,1-2H3. The average Bonchev–Trinajstić information content (AvgIpc) is 2.41. The summed E-state index contributed by atoms with van der Waals surface area (Å²) in [5.74, 6) is -0.692. The lowest BCUT2D eigenvalue weighted by atomic mass is 10.3. The number of carbonyl (C=O) groups is 1. The molecule has 0 spiro atoms. The van der Waals surface area contributed by atoms with E-state index in [1.807, 2.05) is 6.92 Å². The molecule has 0 aromatic heterocycles. The Morgan fingerprint density at radius 2 is 2.11 bits per heavy atom. The molecule has 0 aliphatic carbocycles. The van der Waals surface area contributed by atoms with E-state index >= 15 is 0 Å². The molecule has 0 aliphatic rings. The maximum absolute atomic E-state index is 13.4. The highest BCUT2D eigenvalue weighted by atomic mass is 19.1. The molecule has 1 aromatic rings. The minimum atomic E-state index is -0.584. The largest absolute Gasteiger partial charge is 0.488 e. The summed E-state index contributed by atoms with van der Waals surface area (Å²) in [5, 5.41) is 3.02. The lowest BCUT2D eigenvalue weighted by molar-refractivity contribution is -0.146. The van der Waals surface area contributed by atoms with Gasteiger partial charge in [0.2, 0.25) is 0 Å². The lowest BCUT2D eigenvalue weighted by Crippen LogP contribution is -2.43. The first-order valence-corrected chi connectivity index (χ1v) is 6.46. The van der Waals surface area contributed by atoms with Crippen LogP contribution in [0, 0.1) is 5.82 Å². The van der Waals surface area contributed by atoms with E-state index in [0.717, 1.165) is 6.42 Å². The van der Waals surface area contributed by atoms with E-state index in [0.29, 0.717) is 13.2 Å². The van der Waals surface area contributed by atoms with Gasteiger partial charge in [-0.15, -0.1) is 0 Å². The highest BCUT2D eigenvalue weighted by Gasteiger charge is 2.20. The van der Waals surface area contributed by atoms with Gasteiger partial charge in [0.15, 0.2) is 11.6 Å². The highest BCUT2D eigenvalue weighted by Crippen LogP contribution is 2.15. The summed E-state index contributed by atoms with van der Waals surface area (Å²) in [7, 11) is 0. The monoisotopic (exact) mass is 269 g/mol. The van der Waals surface area contributed by atoms with Crippen LogP contribution in [0.4, 0.5) is 4.39 Å². The second-order valence-corrected chi connectivity index (χ2v) is 4.00. The van der Waals surface area contributed by atoms with Gasteiger partial charge >= 0.3 is 5.97 Å². The summed E-state index contributed by atoms with van der Waals surface area (Å²) in [6, 6.07) is 5.52. The van der Waals surface area contributed by atoms with Crippen LogP contribution in [-0.2, 0) is 9.53 Å². The molecule has 106 valence electrons. The normalized spacial score (nSPS) is 11.9. The van der Waals surface area contributed by atoms with Crippen LogP contribution >= 0.6 is 0 Å². The lowest BCUT2D eigenvalue weighted by Gasteiger charge is -2.17. The van der Waals surface area contributed by atoms with Crippen molar-refractivity contribution in [1.29, 1.82) is 0 Å². The molecule has 0 radical (unpaired) electrons. The molecule has 19 heavy (non-hydrogen) atoms. The van der Waals surface area contributed by atoms with Gasteiger partial charge in [-0.1, -0.05) is 19.1 Å². The smallest absolute Gasteiger partial charge is 0.326 e. The Bertz CT molecular complexity index is 398. The number of para-hydroxylation sites is 1. The van der Waals surface area contributed by atoms with Crippen LogP contribution in [0.5, 0.6) is 5.75 Å². The molecule has 0 saturated carbocycles. The number of ether oxygens (including phenoxy) is 2. The van der Waals surface area contributed by atoms with E-state index in [1.54, 1.807) is 19.1 Å². The fraction of sp³-hybridized carbons (Fsp3) is 0.500. The summed E-state index contributed by atoms with van der Waals surface area (Å²) in [5.41, 5.74) is 0. The van der Waals surface area contributed by atoms with Crippen LogP contribution in [-0.4, -0.2) is 31.8 Å². The first-order chi connectivity index (χ1) is 9.19. The molecule has 0 heterocycles. The third kappa shape index (κ3) is 5.26. The molecule has 0 fully saturated rings. The van der Waals surface area contributed by atoms with Gasteiger partial charge in [0.1, 0.15) is 12.6 Å². The van der Waals surface area contributed by atoms with E-state index < -0.39 is 11.9 Å². The van der Waals surface area contributed by atoms with Gasteiger partial charge in [0.25, 0.3) is 0 Å². The molecule has 0 bridgehead atoms. The predicted octanol–water partition coefficient (Wildman–Crippen LogP) is 2.14. The van der Waals surface area contributed by atoms with Crippen LogP contribution in [0.1, 0.15) is 20.3 Å². The summed E-state index contributed by atoms with van der Waals surface area (Å²) < 4.78 is 23.6. The number of esters is 1. The molecule has 1 aromatic carbocycles. The zero-order valence-electron chi connectivity index (χ0n) is 11.3. The van der Waals surface area contributed by atoms with Crippen LogP contribution in [0.15, 0.2) is 24.3 Å². The van der Waals surface area contributed by atoms with Crippen LogP contribution in [0.3, 0.4) is 0 Å². The van der Waals surface area contributed by atoms with E-state index in [4.69, 9.17) is 9.47 Å². The topological polar surface area (TPSA) is 47.6 Å². The summed E-state index contributed by atoms with van der Waals surface area (Å²) in [4.78, 5) is 11.7. The molecular weight excluding hydrogens is 249 g/mol. The molecule has 1 atom stereocenters. The highest BCUT2D eigenvalue weighted by molar-refractivity contribution is 5.76. The minimum absolute atomic E-state index is 0.0414. The molecule has 1 rings (SSSR count). The van der Waals surface area contributed by atoms with Gasteiger partial charge in [-0.3, -0.25) is 4.79 Å². The summed E-state index contributed by atoms with van der Waals surface area (Å²) in [6.45, 7) is 4.76. The van der Waals surface area contributed by atoms with E-state index in [2.05, 4.69) is 5.32 Å². The molecule has 1 N–H and O–H groups in total. The van der Waals surface area contributed by atoms with E-state index in [9.17, 15) is 9.18 Å². The summed E-state index contributed by atoms with van der Waals surface area (Å²) in [6.07, 6.45) is 0.885. The molecule has 0 saturated heterocycles. The number of hydrogen-bond acceptors (Lipinski definition) is 4. The first kappa shape index (κ1) is 15.4. The second kappa shape index (κ2) is 8.48. The Morgan fingerprint density at radius 3 is 2.74 bits per heavy atom. The Kier molecular flexibility index (Phi) is 6.89. The molecular formula is C14H20FNO3. The molecule has 5 heteroatoms. The van der Waals surface area contributed by atoms with Crippen molar-refractivity contribution in [2.45, 2.75) is 26.3 Å². The van der Waals surface area contributed by atoms with E-state index in [-0.39, 0.29) is 18.3 Å². The van der Waals surface area contributed by atoms with Crippen molar-refractivity contribution in [1.82, 2.24) is 5.32 Å². The zero-order chi connectivity index (χ0) is 14.1. The van der Waals surface area contributed by atoms with Gasteiger partial charge in [0.05, 0.1) is 6.61 Å². The number of hydrogen-bond donors (Lipinski definition) is 1. The number of rotatable bonds is 8. The van der Waals surface area contributed by atoms with Crippen LogP contribution < -0.4 is 10.1 Å². The number of halogens is 1.